The zero-order valence-corrected chi connectivity index (χ0v) is 8.33. The summed E-state index contributed by atoms with van der Waals surface area (Å²) in [6.45, 7) is -0.518. The van der Waals surface area contributed by atoms with E-state index in [1.54, 1.807) is 0 Å². The summed E-state index contributed by atoms with van der Waals surface area (Å²) < 4.78 is 33.5. The highest BCUT2D eigenvalue weighted by atomic mass is 19.3. The Balaban J connectivity index is 2.77. The molecule has 7 heteroatoms. The standard InChI is InChI=1S/C8H11F2N3O2/c1-14-6-3-7(15-2)13-8(12-6)11-4-5(9)10/h3,5H,4H2,1-2H3,(H,11,12,13). The average molecular weight is 219 g/mol. The molecule has 15 heavy (non-hydrogen) atoms. The minimum atomic E-state index is -2.47. The van der Waals surface area contributed by atoms with Crippen molar-refractivity contribution in [1.82, 2.24) is 9.97 Å². The summed E-state index contributed by atoms with van der Waals surface area (Å²) in [7, 11) is 2.83. The first-order valence-corrected chi connectivity index (χ1v) is 4.14. The lowest BCUT2D eigenvalue weighted by atomic mass is 10.6. The molecule has 0 spiro atoms. The summed E-state index contributed by atoms with van der Waals surface area (Å²) in [5.74, 6) is 0.545. The summed E-state index contributed by atoms with van der Waals surface area (Å²) in [5.41, 5.74) is 0. The molecule has 0 aliphatic heterocycles. The Morgan fingerprint density at radius 2 is 1.80 bits per heavy atom. The Kier molecular flexibility index (Phi) is 4.02. The maximum Gasteiger partial charge on any atom is 0.255 e. The van der Waals surface area contributed by atoms with Crippen molar-refractivity contribution >= 4 is 5.95 Å². The number of hydrogen-bond donors (Lipinski definition) is 1. The van der Waals surface area contributed by atoms with E-state index in [9.17, 15) is 8.78 Å². The van der Waals surface area contributed by atoms with Crippen LogP contribution in [0.1, 0.15) is 0 Å². The van der Waals surface area contributed by atoms with E-state index < -0.39 is 13.0 Å². The number of ether oxygens (including phenoxy) is 2. The Labute approximate surface area is 85.4 Å². The molecule has 1 rings (SSSR count). The van der Waals surface area contributed by atoms with E-state index in [1.165, 1.54) is 20.3 Å². The second-order valence-corrected chi connectivity index (χ2v) is 2.55. The molecule has 0 amide bonds. The summed E-state index contributed by atoms with van der Waals surface area (Å²) in [5, 5.41) is 2.36. The molecule has 0 atom stereocenters. The van der Waals surface area contributed by atoms with Crippen molar-refractivity contribution in [3.05, 3.63) is 6.07 Å². The van der Waals surface area contributed by atoms with Gasteiger partial charge in [0.05, 0.1) is 26.8 Å². The lowest BCUT2D eigenvalue weighted by Crippen LogP contribution is -2.13. The van der Waals surface area contributed by atoms with E-state index in [-0.39, 0.29) is 17.7 Å². The van der Waals surface area contributed by atoms with Gasteiger partial charge < -0.3 is 14.8 Å². The molecule has 1 N–H and O–H groups in total. The van der Waals surface area contributed by atoms with Crippen molar-refractivity contribution in [3.8, 4) is 11.8 Å². The van der Waals surface area contributed by atoms with E-state index in [2.05, 4.69) is 15.3 Å². The zero-order valence-electron chi connectivity index (χ0n) is 8.33. The molecule has 0 aliphatic carbocycles. The van der Waals surface area contributed by atoms with Gasteiger partial charge in [0.25, 0.3) is 6.43 Å². The predicted octanol–water partition coefficient (Wildman–Crippen LogP) is 1.17. The first-order valence-electron chi connectivity index (χ1n) is 4.14. The summed E-state index contributed by atoms with van der Waals surface area (Å²) in [6, 6.07) is 1.45. The van der Waals surface area contributed by atoms with Crippen LogP contribution in [0.4, 0.5) is 14.7 Å². The molecule has 1 heterocycles. The molecule has 0 saturated carbocycles. The minimum Gasteiger partial charge on any atom is -0.481 e. The van der Waals surface area contributed by atoms with Crippen LogP contribution in [-0.2, 0) is 0 Å². The van der Waals surface area contributed by atoms with Gasteiger partial charge in [-0.05, 0) is 0 Å². The fourth-order valence-electron chi connectivity index (χ4n) is 0.861. The van der Waals surface area contributed by atoms with Crippen LogP contribution < -0.4 is 14.8 Å². The van der Waals surface area contributed by atoms with Crippen molar-refractivity contribution in [1.29, 1.82) is 0 Å². The van der Waals surface area contributed by atoms with Crippen molar-refractivity contribution in [2.24, 2.45) is 0 Å². The van der Waals surface area contributed by atoms with Crippen LogP contribution in [0.2, 0.25) is 0 Å². The maximum absolute atomic E-state index is 11.9. The molecule has 0 aromatic carbocycles. The van der Waals surface area contributed by atoms with Gasteiger partial charge in [0, 0.05) is 0 Å². The highest BCUT2D eigenvalue weighted by molar-refractivity contribution is 5.33. The van der Waals surface area contributed by atoms with Gasteiger partial charge in [-0.15, -0.1) is 0 Å². The second kappa shape index (κ2) is 5.28. The Hall–Kier alpha value is -1.66. The third kappa shape index (κ3) is 3.53. The van der Waals surface area contributed by atoms with Crippen LogP contribution in [0.15, 0.2) is 6.07 Å². The first-order chi connectivity index (χ1) is 7.15. The first kappa shape index (κ1) is 11.4. The third-order valence-corrected chi connectivity index (χ3v) is 1.51. The molecule has 1 aromatic rings. The molecule has 84 valence electrons. The molecule has 0 bridgehead atoms. The number of methoxy groups -OCH3 is 2. The average Bonchev–Trinajstić information content (AvgIpc) is 2.25. The second-order valence-electron chi connectivity index (χ2n) is 2.55. The normalized spacial score (nSPS) is 10.2. The largest absolute Gasteiger partial charge is 0.481 e. The van der Waals surface area contributed by atoms with Gasteiger partial charge in [-0.1, -0.05) is 0 Å². The van der Waals surface area contributed by atoms with Gasteiger partial charge in [0.1, 0.15) is 0 Å². The van der Waals surface area contributed by atoms with Crippen LogP contribution in [-0.4, -0.2) is 37.2 Å². The number of hydrogen-bond acceptors (Lipinski definition) is 5. The number of anilines is 1. The van der Waals surface area contributed by atoms with Gasteiger partial charge >= 0.3 is 0 Å². The SMILES string of the molecule is COc1cc(OC)nc(NCC(F)F)n1. The van der Waals surface area contributed by atoms with Crippen molar-refractivity contribution in [2.75, 3.05) is 26.1 Å². The van der Waals surface area contributed by atoms with Gasteiger partial charge in [0.2, 0.25) is 17.7 Å². The van der Waals surface area contributed by atoms with Gasteiger partial charge in [-0.2, -0.15) is 9.97 Å². The lowest BCUT2D eigenvalue weighted by molar-refractivity contribution is 0.163. The van der Waals surface area contributed by atoms with Crippen LogP contribution >= 0.6 is 0 Å². The molecule has 5 nitrogen and oxygen atoms in total. The van der Waals surface area contributed by atoms with Gasteiger partial charge in [-0.25, -0.2) is 8.78 Å². The van der Waals surface area contributed by atoms with Gasteiger partial charge in [-0.3, -0.25) is 0 Å². The van der Waals surface area contributed by atoms with E-state index in [1.807, 2.05) is 0 Å². The molecular formula is C8H11F2N3O2. The number of halogens is 2. The summed E-state index contributed by atoms with van der Waals surface area (Å²) >= 11 is 0. The monoisotopic (exact) mass is 219 g/mol. The van der Waals surface area contributed by atoms with Crippen LogP contribution in [0, 0.1) is 0 Å². The van der Waals surface area contributed by atoms with Crippen molar-refractivity contribution < 1.29 is 18.3 Å². The zero-order chi connectivity index (χ0) is 11.3. The highest BCUT2D eigenvalue weighted by Gasteiger charge is 2.07. The number of nitrogens with zero attached hydrogens (tertiary/aromatic N) is 2. The predicted molar refractivity (Wildman–Crippen MR) is 49.6 cm³/mol. The van der Waals surface area contributed by atoms with E-state index in [4.69, 9.17) is 9.47 Å². The number of aromatic nitrogens is 2. The molecule has 0 fully saturated rings. The Bertz CT molecular complexity index is 301. The van der Waals surface area contributed by atoms with E-state index in [0.717, 1.165) is 0 Å². The van der Waals surface area contributed by atoms with Crippen LogP contribution in [0.5, 0.6) is 11.8 Å². The van der Waals surface area contributed by atoms with Gasteiger partial charge in [0.15, 0.2) is 0 Å². The number of nitrogens with one attached hydrogen (secondary N) is 1. The smallest absolute Gasteiger partial charge is 0.255 e. The fraction of sp³-hybridized carbons (Fsp3) is 0.500. The Morgan fingerprint density at radius 3 is 2.20 bits per heavy atom. The molecule has 0 aliphatic rings. The van der Waals surface area contributed by atoms with Crippen molar-refractivity contribution in [2.45, 2.75) is 6.43 Å². The van der Waals surface area contributed by atoms with Crippen molar-refractivity contribution in [3.63, 3.8) is 0 Å². The molecule has 0 radical (unpaired) electrons. The van der Waals surface area contributed by atoms with Crippen LogP contribution in [0.3, 0.4) is 0 Å². The van der Waals surface area contributed by atoms with E-state index in [0.29, 0.717) is 0 Å². The topological polar surface area (TPSA) is 56.3 Å². The highest BCUT2D eigenvalue weighted by Crippen LogP contribution is 2.17. The minimum absolute atomic E-state index is 0.0477. The fourth-order valence-corrected chi connectivity index (χ4v) is 0.861. The summed E-state index contributed by atoms with van der Waals surface area (Å²) in [6.07, 6.45) is -2.47. The van der Waals surface area contributed by atoms with Crippen LogP contribution in [0.25, 0.3) is 0 Å². The third-order valence-electron chi connectivity index (χ3n) is 1.51. The lowest BCUT2D eigenvalue weighted by Gasteiger charge is -2.07. The molecular weight excluding hydrogens is 208 g/mol. The van der Waals surface area contributed by atoms with E-state index >= 15 is 0 Å². The molecule has 1 aromatic heterocycles. The maximum atomic E-state index is 11.9. The number of alkyl halides is 2. The molecule has 0 saturated heterocycles. The Morgan fingerprint density at radius 1 is 1.27 bits per heavy atom. The molecule has 0 unspecified atom stereocenters. The summed E-state index contributed by atoms with van der Waals surface area (Å²) in [4.78, 5) is 7.63. The quantitative estimate of drug-likeness (QED) is 0.805. The number of rotatable bonds is 5.